The summed E-state index contributed by atoms with van der Waals surface area (Å²) in [7, 11) is -3.90. The van der Waals surface area contributed by atoms with Crippen LogP contribution in [0.2, 0.25) is 0 Å². The zero-order valence-corrected chi connectivity index (χ0v) is 19.4. The zero-order chi connectivity index (χ0) is 23.9. The maximum atomic E-state index is 13.3. The third-order valence-corrected chi connectivity index (χ3v) is 7.75. The number of nitrogens with one attached hydrogen (secondary N) is 1. The molecule has 9 heteroatoms. The second-order valence-corrected chi connectivity index (χ2v) is 10.0. The molecule has 8 nitrogen and oxygen atoms in total. The number of carbonyl (C=O) groups is 1. The molecule has 1 fully saturated rings. The number of para-hydroxylation sites is 1. The molecule has 1 saturated heterocycles. The van der Waals surface area contributed by atoms with Crippen LogP contribution in [0.1, 0.15) is 12.1 Å². The minimum atomic E-state index is -3.90. The van der Waals surface area contributed by atoms with Gasteiger partial charge < -0.3 is 10.0 Å². The van der Waals surface area contributed by atoms with E-state index in [2.05, 4.69) is 9.82 Å². The number of sulfonamides is 1. The van der Waals surface area contributed by atoms with Crippen molar-refractivity contribution in [3.63, 3.8) is 0 Å². The van der Waals surface area contributed by atoms with Crippen molar-refractivity contribution in [1.82, 2.24) is 9.78 Å². The topological polar surface area (TPSA) is 105 Å². The van der Waals surface area contributed by atoms with Crippen molar-refractivity contribution in [3.8, 4) is 5.69 Å². The SMILES string of the molecule is Cc1c(S(=O)(=O)Nc2ccc(N3CC[C@@H](C(=O)O)C3)c3ccccc23)cnn1-c1ccccc1. The molecule has 174 valence electrons. The standard InChI is InChI=1S/C25H24N4O4S/c1-17-24(15-26-29(17)19-7-3-2-4-8-19)34(32,33)27-22-11-12-23(21-10-6-5-9-20(21)22)28-14-13-18(16-28)25(30)31/h2-12,15,18,27H,13-14,16H2,1H3,(H,30,31)/t18-/m1/s1. The number of benzene rings is 3. The Hall–Kier alpha value is -3.85. The summed E-state index contributed by atoms with van der Waals surface area (Å²) in [5, 5.41) is 15.3. The van der Waals surface area contributed by atoms with Crippen LogP contribution in [-0.4, -0.2) is 42.4 Å². The van der Waals surface area contributed by atoms with E-state index in [0.29, 0.717) is 30.9 Å². The van der Waals surface area contributed by atoms with Crippen molar-refractivity contribution in [2.75, 3.05) is 22.7 Å². The van der Waals surface area contributed by atoms with Crippen LogP contribution in [-0.2, 0) is 14.8 Å². The van der Waals surface area contributed by atoms with Crippen molar-refractivity contribution >= 4 is 38.1 Å². The summed E-state index contributed by atoms with van der Waals surface area (Å²) in [4.78, 5) is 13.6. The first-order valence-electron chi connectivity index (χ1n) is 11.0. The maximum absolute atomic E-state index is 13.3. The van der Waals surface area contributed by atoms with Crippen LogP contribution in [0.4, 0.5) is 11.4 Å². The van der Waals surface area contributed by atoms with E-state index in [1.165, 1.54) is 6.20 Å². The van der Waals surface area contributed by atoms with Gasteiger partial charge in [0.1, 0.15) is 4.90 Å². The van der Waals surface area contributed by atoms with Gasteiger partial charge in [-0.2, -0.15) is 5.10 Å². The molecule has 2 heterocycles. The maximum Gasteiger partial charge on any atom is 0.308 e. The Kier molecular flexibility index (Phi) is 5.49. The molecule has 0 radical (unpaired) electrons. The number of anilines is 2. The van der Waals surface area contributed by atoms with E-state index in [1.807, 2.05) is 65.6 Å². The van der Waals surface area contributed by atoms with Crippen LogP contribution >= 0.6 is 0 Å². The molecule has 0 amide bonds. The molecule has 0 saturated carbocycles. The number of fused-ring (bicyclic) bond motifs is 1. The monoisotopic (exact) mass is 476 g/mol. The fourth-order valence-corrected chi connectivity index (χ4v) is 5.75. The first-order valence-corrected chi connectivity index (χ1v) is 12.5. The molecule has 1 aromatic heterocycles. The fraction of sp³-hybridized carbons (Fsp3) is 0.200. The molecule has 1 aliphatic rings. The Morgan fingerprint density at radius 2 is 1.74 bits per heavy atom. The van der Waals surface area contributed by atoms with Gasteiger partial charge in [-0.25, -0.2) is 13.1 Å². The highest BCUT2D eigenvalue weighted by molar-refractivity contribution is 7.92. The molecule has 0 spiro atoms. The van der Waals surface area contributed by atoms with Gasteiger partial charge in [0.2, 0.25) is 0 Å². The lowest BCUT2D eigenvalue weighted by Crippen LogP contribution is -2.23. The van der Waals surface area contributed by atoms with E-state index in [0.717, 1.165) is 22.1 Å². The molecule has 3 aromatic carbocycles. The van der Waals surface area contributed by atoms with Gasteiger partial charge in [0.25, 0.3) is 10.0 Å². The second-order valence-electron chi connectivity index (χ2n) is 8.39. The molecule has 1 atom stereocenters. The predicted octanol–water partition coefficient (Wildman–Crippen LogP) is 4.05. The Labute approximate surface area is 197 Å². The molecule has 4 aromatic rings. The van der Waals surface area contributed by atoms with Gasteiger partial charge in [0.05, 0.1) is 29.2 Å². The third-order valence-electron chi connectivity index (χ3n) is 6.28. The normalized spacial score (nSPS) is 16.1. The third kappa shape index (κ3) is 3.88. The van der Waals surface area contributed by atoms with E-state index in [-0.39, 0.29) is 4.90 Å². The van der Waals surface area contributed by atoms with Crippen LogP contribution in [0.25, 0.3) is 16.5 Å². The minimum Gasteiger partial charge on any atom is -0.481 e. The van der Waals surface area contributed by atoms with E-state index < -0.39 is 21.9 Å². The number of hydrogen-bond donors (Lipinski definition) is 2. The summed E-state index contributed by atoms with van der Waals surface area (Å²) >= 11 is 0. The highest BCUT2D eigenvalue weighted by atomic mass is 32.2. The highest BCUT2D eigenvalue weighted by Crippen LogP contribution is 2.36. The Bertz CT molecular complexity index is 1480. The van der Waals surface area contributed by atoms with E-state index in [9.17, 15) is 18.3 Å². The van der Waals surface area contributed by atoms with E-state index in [4.69, 9.17) is 0 Å². The Balaban J connectivity index is 1.49. The first-order chi connectivity index (χ1) is 16.3. The van der Waals surface area contributed by atoms with Crippen molar-refractivity contribution < 1.29 is 18.3 Å². The highest BCUT2D eigenvalue weighted by Gasteiger charge is 2.29. The smallest absolute Gasteiger partial charge is 0.308 e. The summed E-state index contributed by atoms with van der Waals surface area (Å²) in [6.45, 7) is 2.80. The molecule has 0 aliphatic carbocycles. The lowest BCUT2D eigenvalue weighted by Gasteiger charge is -2.22. The Morgan fingerprint density at radius 3 is 2.44 bits per heavy atom. The average Bonchev–Trinajstić information content (AvgIpc) is 3.47. The van der Waals surface area contributed by atoms with Crippen LogP contribution in [0.15, 0.2) is 77.8 Å². The average molecular weight is 477 g/mol. The molecular weight excluding hydrogens is 452 g/mol. The van der Waals surface area contributed by atoms with Crippen molar-refractivity contribution in [2.24, 2.45) is 5.92 Å². The molecular formula is C25H24N4O4S. The molecule has 34 heavy (non-hydrogen) atoms. The van der Waals surface area contributed by atoms with E-state index in [1.54, 1.807) is 17.7 Å². The number of aliphatic carboxylic acids is 1. The summed E-state index contributed by atoms with van der Waals surface area (Å²) in [6, 6.07) is 20.5. The number of carboxylic acids is 1. The van der Waals surface area contributed by atoms with Gasteiger partial charge >= 0.3 is 5.97 Å². The van der Waals surface area contributed by atoms with Crippen LogP contribution in [0, 0.1) is 12.8 Å². The lowest BCUT2D eigenvalue weighted by atomic mass is 10.1. The number of hydrogen-bond acceptors (Lipinski definition) is 5. The lowest BCUT2D eigenvalue weighted by molar-refractivity contribution is -0.140. The second kappa shape index (κ2) is 8.49. The number of rotatable bonds is 6. The molecule has 2 N–H and O–H groups in total. The van der Waals surface area contributed by atoms with Crippen LogP contribution in [0.3, 0.4) is 0 Å². The summed E-state index contributed by atoms with van der Waals surface area (Å²) < 4.78 is 31.0. The van der Waals surface area contributed by atoms with Crippen molar-refractivity contribution in [2.45, 2.75) is 18.2 Å². The van der Waals surface area contributed by atoms with Gasteiger partial charge in [-0.05, 0) is 37.6 Å². The summed E-state index contributed by atoms with van der Waals surface area (Å²) in [5.41, 5.74) is 2.65. The van der Waals surface area contributed by atoms with Crippen molar-refractivity contribution in [3.05, 3.63) is 78.6 Å². The summed E-state index contributed by atoms with van der Waals surface area (Å²) in [5.74, 6) is -1.19. The largest absolute Gasteiger partial charge is 0.481 e. The van der Waals surface area contributed by atoms with Gasteiger partial charge in [0.15, 0.2) is 0 Å². The predicted molar refractivity (Wildman–Crippen MR) is 131 cm³/mol. The molecule has 0 bridgehead atoms. The van der Waals surface area contributed by atoms with Crippen molar-refractivity contribution in [1.29, 1.82) is 0 Å². The zero-order valence-electron chi connectivity index (χ0n) is 18.5. The fourth-order valence-electron chi connectivity index (χ4n) is 4.52. The van der Waals surface area contributed by atoms with Gasteiger partial charge in [0, 0.05) is 29.5 Å². The van der Waals surface area contributed by atoms with Gasteiger partial charge in [-0.15, -0.1) is 0 Å². The first kappa shape index (κ1) is 22.0. The molecule has 5 rings (SSSR count). The number of nitrogens with zero attached hydrogens (tertiary/aromatic N) is 3. The minimum absolute atomic E-state index is 0.105. The molecule has 1 aliphatic heterocycles. The van der Waals surface area contributed by atoms with Gasteiger partial charge in [-0.1, -0.05) is 42.5 Å². The summed E-state index contributed by atoms with van der Waals surface area (Å²) in [6.07, 6.45) is 1.94. The van der Waals surface area contributed by atoms with E-state index >= 15 is 0 Å². The van der Waals surface area contributed by atoms with Crippen LogP contribution < -0.4 is 9.62 Å². The Morgan fingerprint density at radius 1 is 1.03 bits per heavy atom. The number of aromatic nitrogens is 2. The number of carboxylic acid groups (broad SMARTS) is 1. The molecule has 0 unspecified atom stereocenters. The van der Waals surface area contributed by atoms with Gasteiger partial charge in [-0.3, -0.25) is 9.52 Å². The van der Waals surface area contributed by atoms with Crippen LogP contribution in [0.5, 0.6) is 0 Å². The quantitative estimate of drug-likeness (QED) is 0.435.